The van der Waals surface area contributed by atoms with Crippen LogP contribution >= 0.6 is 12.2 Å². The summed E-state index contributed by atoms with van der Waals surface area (Å²) in [5.41, 5.74) is 2.22. The summed E-state index contributed by atoms with van der Waals surface area (Å²) >= 11 is 5.74. The average molecular weight is 517 g/mol. The lowest BCUT2D eigenvalue weighted by Crippen LogP contribution is -2.43. The number of benzene rings is 3. The summed E-state index contributed by atoms with van der Waals surface area (Å²) in [5, 5.41) is 17.2. The van der Waals surface area contributed by atoms with Gasteiger partial charge in [0.05, 0.1) is 32.0 Å². The van der Waals surface area contributed by atoms with Gasteiger partial charge in [0, 0.05) is 18.5 Å². The van der Waals surface area contributed by atoms with Crippen molar-refractivity contribution in [3.63, 3.8) is 0 Å². The predicted molar refractivity (Wildman–Crippen MR) is 146 cm³/mol. The second-order valence-corrected chi connectivity index (χ2v) is 9.81. The Kier molecular flexibility index (Phi) is 5.79. The number of hydrogen-bond donors (Lipinski definition) is 2. The minimum Gasteiger partial charge on any atom is -0.493 e. The molecule has 0 amide bonds. The summed E-state index contributed by atoms with van der Waals surface area (Å²) in [6.45, 7) is 1.29. The van der Waals surface area contributed by atoms with Gasteiger partial charge in [-0.1, -0.05) is 42.5 Å². The molecule has 2 aliphatic heterocycles. The topological polar surface area (TPSA) is 80.9 Å². The van der Waals surface area contributed by atoms with E-state index in [0.29, 0.717) is 41.1 Å². The Morgan fingerprint density at radius 2 is 1.86 bits per heavy atom. The molecule has 37 heavy (non-hydrogen) atoms. The van der Waals surface area contributed by atoms with E-state index in [-0.39, 0.29) is 23.7 Å². The van der Waals surface area contributed by atoms with E-state index in [2.05, 4.69) is 10.2 Å². The smallest absolute Gasteiger partial charge is 0.336 e. The quantitative estimate of drug-likeness (QED) is 0.376. The van der Waals surface area contributed by atoms with Crippen LogP contribution in [0.3, 0.4) is 0 Å². The summed E-state index contributed by atoms with van der Waals surface area (Å²) in [7, 11) is 3.24. The van der Waals surface area contributed by atoms with Gasteiger partial charge in [-0.15, -0.1) is 0 Å². The summed E-state index contributed by atoms with van der Waals surface area (Å²) in [5.74, 6) is 1.39. The first-order valence-corrected chi connectivity index (χ1v) is 12.7. The maximum atomic E-state index is 13.5. The van der Waals surface area contributed by atoms with Crippen molar-refractivity contribution in [1.29, 1.82) is 0 Å². The lowest BCUT2D eigenvalue weighted by molar-refractivity contribution is 0.334. The van der Waals surface area contributed by atoms with Gasteiger partial charge in [-0.05, 0) is 54.2 Å². The molecule has 1 aromatic heterocycles. The number of methoxy groups -OCH3 is 2. The largest absolute Gasteiger partial charge is 0.493 e. The Morgan fingerprint density at radius 1 is 1.08 bits per heavy atom. The van der Waals surface area contributed by atoms with Gasteiger partial charge in [0.15, 0.2) is 16.6 Å². The average Bonchev–Trinajstić information content (AvgIpc) is 3.59. The van der Waals surface area contributed by atoms with Crippen LogP contribution in [-0.4, -0.2) is 51.6 Å². The molecule has 0 radical (unpaired) electrons. The fraction of sp³-hybridized carbons (Fsp3) is 0.286. The molecule has 0 saturated carbocycles. The highest BCUT2D eigenvalue weighted by Gasteiger charge is 2.48. The van der Waals surface area contributed by atoms with E-state index in [9.17, 15) is 9.90 Å². The fourth-order valence-electron chi connectivity index (χ4n) is 5.74. The number of hydrogen-bond acceptors (Lipinski definition) is 5. The maximum absolute atomic E-state index is 13.5. The van der Waals surface area contributed by atoms with E-state index in [4.69, 9.17) is 21.7 Å². The molecule has 0 spiro atoms. The molecule has 1 saturated heterocycles. The Labute approximate surface area is 219 Å². The second-order valence-electron chi connectivity index (χ2n) is 9.42. The number of ether oxygens (including phenoxy) is 2. The first-order chi connectivity index (χ1) is 18.0. The minimum absolute atomic E-state index is 0.00770. The standard InChI is InChI=1S/C28H28N4O4S/c1-35-23-11-10-17(14-24(23)36-2)12-13-29-27(37)30-16-19-15-22(30)25-26(33)32(28(34)31(19)25)21-9-5-7-18-6-3-4-8-20(18)21/h3-11,14,19,22,33H,12-13,15-16H2,1-2H3,(H,29,37). The van der Waals surface area contributed by atoms with Crippen molar-refractivity contribution in [3.05, 3.63) is 82.4 Å². The molecule has 3 heterocycles. The van der Waals surface area contributed by atoms with Crippen molar-refractivity contribution in [2.45, 2.75) is 24.9 Å². The number of likely N-dealkylation sites (tertiary alicyclic amines) is 1. The van der Waals surface area contributed by atoms with Crippen molar-refractivity contribution in [3.8, 4) is 23.1 Å². The predicted octanol–water partition coefficient (Wildman–Crippen LogP) is 3.93. The highest BCUT2D eigenvalue weighted by Crippen LogP contribution is 2.48. The first kappa shape index (κ1) is 23.4. The van der Waals surface area contributed by atoms with Crippen LogP contribution in [0.5, 0.6) is 17.4 Å². The van der Waals surface area contributed by atoms with Gasteiger partial charge in [-0.3, -0.25) is 4.57 Å². The third kappa shape index (κ3) is 3.72. The van der Waals surface area contributed by atoms with Crippen LogP contribution in [0.2, 0.25) is 0 Å². The zero-order chi connectivity index (χ0) is 25.7. The maximum Gasteiger partial charge on any atom is 0.336 e. The molecular weight excluding hydrogens is 488 g/mol. The van der Waals surface area contributed by atoms with Gasteiger partial charge >= 0.3 is 5.69 Å². The number of aromatic hydroxyl groups is 1. The zero-order valence-corrected chi connectivity index (χ0v) is 21.5. The van der Waals surface area contributed by atoms with Gasteiger partial charge in [0.25, 0.3) is 0 Å². The molecular formula is C28H28N4O4S. The lowest BCUT2D eigenvalue weighted by Gasteiger charge is -2.30. The molecule has 190 valence electrons. The Morgan fingerprint density at radius 3 is 2.68 bits per heavy atom. The van der Waals surface area contributed by atoms with Crippen LogP contribution < -0.4 is 20.5 Å². The summed E-state index contributed by atoms with van der Waals surface area (Å²) < 4.78 is 13.9. The van der Waals surface area contributed by atoms with E-state index in [1.807, 2.05) is 60.7 Å². The fourth-order valence-corrected chi connectivity index (χ4v) is 6.05. The molecule has 9 heteroatoms. The van der Waals surface area contributed by atoms with Crippen molar-refractivity contribution in [2.75, 3.05) is 27.3 Å². The molecule has 2 atom stereocenters. The summed E-state index contributed by atoms with van der Waals surface area (Å²) in [6.07, 6.45) is 1.52. The normalized spacial score (nSPS) is 17.7. The number of thiocarbonyl (C=S) groups is 1. The second kappa shape index (κ2) is 9.15. The number of nitrogens with zero attached hydrogens (tertiary/aromatic N) is 3. The van der Waals surface area contributed by atoms with E-state index in [1.54, 1.807) is 18.8 Å². The van der Waals surface area contributed by atoms with Crippen LogP contribution in [0.15, 0.2) is 65.5 Å². The molecule has 1 fully saturated rings. The Balaban J connectivity index is 1.22. The summed E-state index contributed by atoms with van der Waals surface area (Å²) in [6, 6.07) is 19.4. The molecule has 3 aromatic carbocycles. The molecule has 2 N–H and O–H groups in total. The highest BCUT2D eigenvalue weighted by molar-refractivity contribution is 7.80. The van der Waals surface area contributed by atoms with Crippen LogP contribution in [-0.2, 0) is 6.42 Å². The van der Waals surface area contributed by atoms with E-state index in [0.717, 1.165) is 29.2 Å². The van der Waals surface area contributed by atoms with Crippen molar-refractivity contribution in [1.82, 2.24) is 19.4 Å². The van der Waals surface area contributed by atoms with Gasteiger partial charge in [-0.25, -0.2) is 9.36 Å². The summed E-state index contributed by atoms with van der Waals surface area (Å²) in [4.78, 5) is 15.6. The highest BCUT2D eigenvalue weighted by atomic mass is 32.1. The van der Waals surface area contributed by atoms with Gasteiger partial charge in [0.1, 0.15) is 5.69 Å². The van der Waals surface area contributed by atoms with Crippen LogP contribution in [0.25, 0.3) is 16.5 Å². The minimum atomic E-state index is -0.205. The van der Waals surface area contributed by atoms with Crippen LogP contribution in [0, 0.1) is 0 Å². The van der Waals surface area contributed by atoms with Gasteiger partial charge < -0.3 is 24.8 Å². The number of aromatic nitrogens is 2. The molecule has 2 bridgehead atoms. The Bertz CT molecular complexity index is 1570. The third-order valence-electron chi connectivity index (χ3n) is 7.46. The van der Waals surface area contributed by atoms with Gasteiger partial charge in [0.2, 0.25) is 5.88 Å². The number of imidazole rings is 1. The number of fused-ring (bicyclic) bond motifs is 6. The lowest BCUT2D eigenvalue weighted by atomic mass is 10.1. The van der Waals surface area contributed by atoms with Gasteiger partial charge in [-0.2, -0.15) is 0 Å². The van der Waals surface area contributed by atoms with E-state index < -0.39 is 0 Å². The molecule has 8 nitrogen and oxygen atoms in total. The molecule has 2 aliphatic rings. The number of nitrogens with one attached hydrogen (secondary N) is 1. The SMILES string of the molecule is COc1ccc(CCNC(=S)N2CC3CC2c2c(O)n(-c4cccc5ccccc45)c(=O)n23)cc1OC. The zero-order valence-electron chi connectivity index (χ0n) is 20.7. The van der Waals surface area contributed by atoms with E-state index in [1.165, 1.54) is 4.57 Å². The number of rotatable bonds is 6. The van der Waals surface area contributed by atoms with Crippen molar-refractivity contribution < 1.29 is 14.6 Å². The monoisotopic (exact) mass is 516 g/mol. The van der Waals surface area contributed by atoms with Crippen LogP contribution in [0.1, 0.15) is 29.8 Å². The Hall–Kier alpha value is -3.98. The molecule has 0 aliphatic carbocycles. The van der Waals surface area contributed by atoms with E-state index >= 15 is 0 Å². The van der Waals surface area contributed by atoms with Crippen molar-refractivity contribution >= 4 is 28.1 Å². The van der Waals surface area contributed by atoms with Crippen molar-refractivity contribution in [2.24, 2.45) is 0 Å². The molecule has 4 aromatic rings. The third-order valence-corrected chi connectivity index (χ3v) is 7.84. The van der Waals surface area contributed by atoms with Crippen LogP contribution in [0.4, 0.5) is 0 Å². The first-order valence-electron chi connectivity index (χ1n) is 12.3. The molecule has 2 unspecified atom stereocenters. The molecule has 6 rings (SSSR count).